The molecule has 6 rings (SSSR count). The molecule has 0 fully saturated rings. The van der Waals surface area contributed by atoms with Crippen molar-refractivity contribution in [2.24, 2.45) is 0 Å². The third-order valence-electron chi connectivity index (χ3n) is 4.94. The van der Waals surface area contributed by atoms with Crippen molar-refractivity contribution in [1.82, 2.24) is 0 Å². The Morgan fingerprint density at radius 3 is 2.25 bits per heavy atom. The van der Waals surface area contributed by atoms with Crippen LogP contribution in [0, 0.1) is 0 Å². The molecular weight excluding hydrogens is 382 g/mol. The first-order valence-electron chi connectivity index (χ1n) is 9.12. The summed E-state index contributed by atoms with van der Waals surface area (Å²) < 4.78 is 6.19. The Bertz CT molecular complexity index is 1140. The molecule has 0 radical (unpaired) electrons. The van der Waals surface area contributed by atoms with Crippen LogP contribution in [0.3, 0.4) is 0 Å². The van der Waals surface area contributed by atoms with Crippen LogP contribution in [-0.4, -0.2) is 0 Å². The molecular formula is C24H15NOS2. The number of hydrogen-bond acceptors (Lipinski definition) is 4. The van der Waals surface area contributed by atoms with E-state index in [-0.39, 0.29) is 0 Å². The minimum absolute atomic E-state index is 0.919. The minimum Gasteiger partial charge on any atom is -0.455 e. The quantitative estimate of drug-likeness (QED) is 0.305. The number of rotatable bonds is 1. The Balaban J connectivity index is 1.50. The number of hydrogen-bond donors (Lipinski definition) is 1. The highest BCUT2D eigenvalue weighted by molar-refractivity contribution is 8.00. The highest BCUT2D eigenvalue weighted by Gasteiger charge is 2.24. The monoisotopic (exact) mass is 397 g/mol. The van der Waals surface area contributed by atoms with Crippen LogP contribution in [0.4, 0.5) is 11.4 Å². The summed E-state index contributed by atoms with van der Waals surface area (Å²) in [4.78, 5) is 4.82. The lowest BCUT2D eigenvalue weighted by Crippen LogP contribution is -2.02. The maximum atomic E-state index is 6.19. The van der Waals surface area contributed by atoms with Crippen LogP contribution in [0.2, 0.25) is 0 Å². The van der Waals surface area contributed by atoms with Gasteiger partial charge in [0.05, 0.1) is 21.2 Å². The zero-order valence-electron chi connectivity index (χ0n) is 14.8. The van der Waals surface area contributed by atoms with Gasteiger partial charge in [0.15, 0.2) is 0 Å². The van der Waals surface area contributed by atoms with Crippen molar-refractivity contribution in [2.45, 2.75) is 19.6 Å². The molecule has 0 unspecified atom stereocenters. The molecule has 2 aliphatic rings. The van der Waals surface area contributed by atoms with Crippen LogP contribution in [-0.2, 0) is 0 Å². The van der Waals surface area contributed by atoms with Crippen LogP contribution in [0.25, 0.3) is 11.1 Å². The van der Waals surface area contributed by atoms with Gasteiger partial charge in [0.2, 0.25) is 0 Å². The Hall–Kier alpha value is -2.82. The maximum Gasteiger partial charge on any atom is 0.142 e. The normalized spacial score (nSPS) is 13.3. The second kappa shape index (κ2) is 6.36. The van der Waals surface area contributed by atoms with Crippen molar-refractivity contribution in [2.75, 3.05) is 5.32 Å². The average Bonchev–Trinajstić information content (AvgIpc) is 2.75. The summed E-state index contributed by atoms with van der Waals surface area (Å²) in [5.74, 6) is 1.84. The number of para-hydroxylation sites is 3. The van der Waals surface area contributed by atoms with E-state index in [1.54, 1.807) is 11.8 Å². The van der Waals surface area contributed by atoms with Crippen LogP contribution in [0.1, 0.15) is 0 Å². The SMILES string of the molecule is c1ccc2c(c1)Nc1c(cccc1-c1cccc3c1Sc1ccccc1O3)S2. The lowest BCUT2D eigenvalue weighted by Gasteiger charge is -2.26. The van der Waals surface area contributed by atoms with Gasteiger partial charge in [-0.2, -0.15) is 0 Å². The van der Waals surface area contributed by atoms with Gasteiger partial charge >= 0.3 is 0 Å². The fourth-order valence-corrected chi connectivity index (χ4v) is 5.74. The number of nitrogens with one attached hydrogen (secondary N) is 1. The second-order valence-corrected chi connectivity index (χ2v) is 8.82. The summed E-state index contributed by atoms with van der Waals surface area (Å²) in [5.41, 5.74) is 4.72. The molecule has 0 amide bonds. The van der Waals surface area contributed by atoms with Crippen molar-refractivity contribution in [3.63, 3.8) is 0 Å². The molecule has 0 spiro atoms. The minimum atomic E-state index is 0.919. The molecule has 0 atom stereocenters. The Kier molecular flexibility index (Phi) is 3.67. The van der Waals surface area contributed by atoms with E-state index in [2.05, 4.69) is 78.1 Å². The van der Waals surface area contributed by atoms with Crippen molar-refractivity contribution in [3.8, 4) is 22.6 Å². The van der Waals surface area contributed by atoms with Gasteiger partial charge in [0.25, 0.3) is 0 Å². The van der Waals surface area contributed by atoms with Crippen LogP contribution >= 0.6 is 23.5 Å². The molecule has 2 nitrogen and oxygen atoms in total. The van der Waals surface area contributed by atoms with E-state index in [1.807, 2.05) is 23.9 Å². The van der Waals surface area contributed by atoms with E-state index in [0.29, 0.717) is 0 Å². The summed E-state index contributed by atoms with van der Waals surface area (Å²) >= 11 is 3.60. The zero-order chi connectivity index (χ0) is 18.5. The van der Waals surface area contributed by atoms with Gasteiger partial charge in [-0.3, -0.25) is 0 Å². The van der Waals surface area contributed by atoms with E-state index in [0.717, 1.165) is 22.1 Å². The van der Waals surface area contributed by atoms with Gasteiger partial charge in [-0.15, -0.1) is 0 Å². The number of benzene rings is 4. The highest BCUT2D eigenvalue weighted by atomic mass is 32.2. The van der Waals surface area contributed by atoms with Gasteiger partial charge in [0, 0.05) is 20.9 Å². The van der Waals surface area contributed by atoms with Gasteiger partial charge < -0.3 is 10.1 Å². The molecule has 134 valence electrons. The molecule has 28 heavy (non-hydrogen) atoms. The van der Waals surface area contributed by atoms with Gasteiger partial charge in [-0.1, -0.05) is 72.1 Å². The van der Waals surface area contributed by atoms with Gasteiger partial charge in [-0.05, 0) is 36.4 Å². The lowest BCUT2D eigenvalue weighted by atomic mass is 10.0. The van der Waals surface area contributed by atoms with Gasteiger partial charge in [0.1, 0.15) is 11.5 Å². The second-order valence-electron chi connectivity index (χ2n) is 6.69. The standard InChI is InChI=1S/C24H15NOS2/c1-3-12-20-17(9-1)25-23-15(7-6-14-22(23)27-20)16-8-5-11-19-24(16)28-21-13-4-2-10-18(21)26-19/h1-14,25H. The van der Waals surface area contributed by atoms with E-state index in [4.69, 9.17) is 4.74 Å². The lowest BCUT2D eigenvalue weighted by molar-refractivity contribution is 0.455. The highest BCUT2D eigenvalue weighted by Crippen LogP contribution is 2.54. The van der Waals surface area contributed by atoms with E-state index in [9.17, 15) is 0 Å². The predicted molar refractivity (Wildman–Crippen MR) is 116 cm³/mol. The molecule has 0 aromatic heterocycles. The topological polar surface area (TPSA) is 21.3 Å². The largest absolute Gasteiger partial charge is 0.455 e. The summed E-state index contributed by atoms with van der Waals surface area (Å²) in [5, 5.41) is 3.66. The molecule has 2 heterocycles. The predicted octanol–water partition coefficient (Wildman–Crippen LogP) is 7.82. The molecule has 0 bridgehead atoms. The summed E-state index contributed by atoms with van der Waals surface area (Å²) in [6, 6.07) is 29.5. The third-order valence-corrected chi connectivity index (χ3v) is 7.26. The van der Waals surface area contributed by atoms with E-state index < -0.39 is 0 Å². The first-order valence-corrected chi connectivity index (χ1v) is 10.8. The van der Waals surface area contributed by atoms with Crippen molar-refractivity contribution >= 4 is 34.9 Å². The Morgan fingerprint density at radius 2 is 1.29 bits per heavy atom. The van der Waals surface area contributed by atoms with Crippen LogP contribution < -0.4 is 10.1 Å². The average molecular weight is 398 g/mol. The number of ether oxygens (including phenoxy) is 1. The van der Waals surface area contributed by atoms with Crippen molar-refractivity contribution in [3.05, 3.63) is 84.9 Å². The molecule has 2 aliphatic heterocycles. The summed E-state index contributed by atoms with van der Waals surface area (Å²) in [6.45, 7) is 0. The third kappa shape index (κ3) is 2.53. The molecule has 1 N–H and O–H groups in total. The molecule has 4 aromatic carbocycles. The van der Waals surface area contributed by atoms with Crippen molar-refractivity contribution in [1.29, 1.82) is 0 Å². The molecule has 0 saturated carbocycles. The number of anilines is 2. The van der Waals surface area contributed by atoms with Gasteiger partial charge in [-0.25, -0.2) is 0 Å². The van der Waals surface area contributed by atoms with Crippen LogP contribution in [0.5, 0.6) is 11.5 Å². The maximum absolute atomic E-state index is 6.19. The van der Waals surface area contributed by atoms with E-state index in [1.165, 1.54) is 31.5 Å². The molecule has 4 heteroatoms. The molecule has 0 saturated heterocycles. The fraction of sp³-hybridized carbons (Fsp3) is 0. The first-order chi connectivity index (χ1) is 13.9. The van der Waals surface area contributed by atoms with E-state index >= 15 is 0 Å². The van der Waals surface area contributed by atoms with Crippen molar-refractivity contribution < 1.29 is 4.74 Å². The first kappa shape index (κ1) is 16.2. The molecule has 4 aromatic rings. The summed E-state index contributed by atoms with van der Waals surface area (Å²) in [6.07, 6.45) is 0. The zero-order valence-corrected chi connectivity index (χ0v) is 16.4. The summed E-state index contributed by atoms with van der Waals surface area (Å²) in [7, 11) is 0. The van der Waals surface area contributed by atoms with Crippen LogP contribution in [0.15, 0.2) is 105 Å². The Morgan fingerprint density at radius 1 is 0.571 bits per heavy atom. The fourth-order valence-electron chi connectivity index (χ4n) is 3.64. The molecule has 0 aliphatic carbocycles. The number of fused-ring (bicyclic) bond motifs is 4. The Labute approximate surface area is 172 Å². The smallest absolute Gasteiger partial charge is 0.142 e.